The van der Waals surface area contributed by atoms with E-state index in [1.54, 1.807) is 48.5 Å². The van der Waals surface area contributed by atoms with Crippen LogP contribution in [0.1, 0.15) is 22.7 Å². The molecule has 31 heavy (non-hydrogen) atoms. The number of ether oxygens (including phenoxy) is 1. The molecule has 1 heterocycles. The van der Waals surface area contributed by atoms with E-state index < -0.39 is 17.7 Å². The second-order valence-electron chi connectivity index (χ2n) is 7.20. The minimum absolute atomic E-state index is 0.0245. The van der Waals surface area contributed by atoms with E-state index in [2.05, 4.69) is 0 Å². The molecule has 0 bridgehead atoms. The molecule has 1 aliphatic rings. The van der Waals surface area contributed by atoms with Crippen molar-refractivity contribution in [3.05, 3.63) is 106 Å². The molecular formula is C25H20ClNO4. The lowest BCUT2D eigenvalue weighted by atomic mass is 9.95. The Bertz CT molecular complexity index is 1170. The molecule has 6 heteroatoms. The van der Waals surface area contributed by atoms with Crippen LogP contribution in [0.25, 0.3) is 5.76 Å². The van der Waals surface area contributed by atoms with Gasteiger partial charge in [-0.2, -0.15) is 0 Å². The number of aliphatic hydroxyl groups excluding tert-OH is 1. The number of nitrogens with zero attached hydrogens (tertiary/aromatic N) is 1. The predicted molar refractivity (Wildman–Crippen MR) is 119 cm³/mol. The van der Waals surface area contributed by atoms with Gasteiger partial charge in [0.15, 0.2) is 0 Å². The van der Waals surface area contributed by atoms with Crippen molar-refractivity contribution in [2.75, 3.05) is 7.11 Å². The van der Waals surface area contributed by atoms with E-state index in [1.807, 2.05) is 30.3 Å². The maximum absolute atomic E-state index is 13.1. The lowest BCUT2D eigenvalue weighted by Gasteiger charge is -2.25. The second kappa shape index (κ2) is 8.66. The zero-order chi connectivity index (χ0) is 22.0. The minimum Gasteiger partial charge on any atom is -0.507 e. The number of carbonyl (C=O) groups is 2. The summed E-state index contributed by atoms with van der Waals surface area (Å²) in [4.78, 5) is 27.6. The van der Waals surface area contributed by atoms with Gasteiger partial charge in [-0.05, 0) is 35.4 Å². The molecule has 1 aliphatic heterocycles. The molecule has 1 N–H and O–H groups in total. The number of hydrogen-bond acceptors (Lipinski definition) is 4. The van der Waals surface area contributed by atoms with E-state index in [-0.39, 0.29) is 17.9 Å². The van der Waals surface area contributed by atoms with Crippen LogP contribution in [-0.2, 0) is 16.1 Å². The molecule has 0 saturated carbocycles. The highest BCUT2D eigenvalue weighted by Gasteiger charge is 2.46. The molecule has 0 spiro atoms. The largest absolute Gasteiger partial charge is 0.507 e. The summed E-state index contributed by atoms with van der Waals surface area (Å²) in [6.45, 7) is 0.220. The molecule has 1 atom stereocenters. The van der Waals surface area contributed by atoms with Gasteiger partial charge in [0.25, 0.3) is 11.7 Å². The zero-order valence-electron chi connectivity index (χ0n) is 16.8. The number of amides is 1. The molecule has 3 aromatic rings. The van der Waals surface area contributed by atoms with E-state index in [1.165, 1.54) is 12.0 Å². The molecule has 156 valence electrons. The van der Waals surface area contributed by atoms with Crippen LogP contribution in [0, 0.1) is 0 Å². The third-order valence-corrected chi connectivity index (χ3v) is 5.48. The summed E-state index contributed by atoms with van der Waals surface area (Å²) in [5, 5.41) is 11.6. The number of halogens is 1. The van der Waals surface area contributed by atoms with Gasteiger partial charge in [0.1, 0.15) is 11.5 Å². The second-order valence-corrected chi connectivity index (χ2v) is 7.64. The molecule has 4 rings (SSSR count). The Kier molecular flexibility index (Phi) is 5.78. The smallest absolute Gasteiger partial charge is 0.295 e. The third kappa shape index (κ3) is 4.05. The summed E-state index contributed by atoms with van der Waals surface area (Å²) in [6.07, 6.45) is 0. The van der Waals surface area contributed by atoms with Crippen LogP contribution < -0.4 is 4.74 Å². The maximum Gasteiger partial charge on any atom is 0.295 e. The van der Waals surface area contributed by atoms with Crippen LogP contribution in [0.2, 0.25) is 5.02 Å². The van der Waals surface area contributed by atoms with E-state index in [9.17, 15) is 14.7 Å². The van der Waals surface area contributed by atoms with Gasteiger partial charge in [0, 0.05) is 17.1 Å². The summed E-state index contributed by atoms with van der Waals surface area (Å²) in [5.74, 6) is -1.13. The Morgan fingerprint density at radius 3 is 2.45 bits per heavy atom. The number of rotatable bonds is 5. The lowest BCUT2D eigenvalue weighted by molar-refractivity contribution is -0.140. The summed E-state index contributed by atoms with van der Waals surface area (Å²) in [6, 6.07) is 22.3. The Labute approximate surface area is 185 Å². The van der Waals surface area contributed by atoms with E-state index in [0.29, 0.717) is 21.9 Å². The van der Waals surface area contributed by atoms with Crippen molar-refractivity contribution in [3.63, 3.8) is 0 Å². The Morgan fingerprint density at radius 1 is 1.00 bits per heavy atom. The number of likely N-dealkylation sites (tertiary alicyclic amines) is 1. The molecule has 1 fully saturated rings. The number of carbonyl (C=O) groups excluding carboxylic acids is 2. The summed E-state index contributed by atoms with van der Waals surface area (Å²) < 4.78 is 5.23. The molecular weight excluding hydrogens is 414 g/mol. The highest BCUT2D eigenvalue weighted by atomic mass is 35.5. The van der Waals surface area contributed by atoms with Gasteiger partial charge in [-0.3, -0.25) is 9.59 Å². The summed E-state index contributed by atoms with van der Waals surface area (Å²) >= 11 is 6.20. The fraction of sp³-hybridized carbons (Fsp3) is 0.120. The molecule has 3 aromatic carbocycles. The van der Waals surface area contributed by atoms with Gasteiger partial charge in [-0.25, -0.2) is 0 Å². The number of methoxy groups -OCH3 is 1. The molecule has 1 unspecified atom stereocenters. The SMILES string of the molecule is COc1cccc(/C(O)=C2\C(=O)C(=O)N(Cc3ccccc3)C2c2cccc(Cl)c2)c1. The fourth-order valence-corrected chi connectivity index (χ4v) is 3.97. The van der Waals surface area contributed by atoms with Crippen LogP contribution >= 0.6 is 11.6 Å². The zero-order valence-corrected chi connectivity index (χ0v) is 17.5. The van der Waals surface area contributed by atoms with Crippen molar-refractivity contribution in [2.24, 2.45) is 0 Å². The molecule has 5 nitrogen and oxygen atoms in total. The first-order valence-corrected chi connectivity index (χ1v) is 10.1. The Morgan fingerprint density at radius 2 is 1.74 bits per heavy atom. The van der Waals surface area contributed by atoms with E-state index in [0.717, 1.165) is 5.56 Å². The van der Waals surface area contributed by atoms with Gasteiger partial charge in [0.2, 0.25) is 0 Å². The molecule has 1 amide bonds. The summed E-state index contributed by atoms with van der Waals surface area (Å²) in [5.41, 5.74) is 1.94. The monoisotopic (exact) mass is 433 g/mol. The minimum atomic E-state index is -0.773. The standard InChI is InChI=1S/C25H20ClNO4/c1-31-20-12-6-10-18(14-20)23(28)21-22(17-9-5-11-19(26)13-17)27(25(30)24(21)29)15-16-7-3-2-4-8-16/h2-14,22,28H,15H2,1H3/b23-21+. The quantitative estimate of drug-likeness (QED) is 0.350. The van der Waals surface area contributed by atoms with Crippen molar-refractivity contribution < 1.29 is 19.4 Å². The number of ketones is 1. The molecule has 0 aliphatic carbocycles. The molecule has 0 aromatic heterocycles. The van der Waals surface area contributed by atoms with Crippen molar-refractivity contribution in [1.29, 1.82) is 0 Å². The summed E-state index contributed by atoms with van der Waals surface area (Å²) in [7, 11) is 1.52. The van der Waals surface area contributed by atoms with E-state index in [4.69, 9.17) is 16.3 Å². The van der Waals surface area contributed by atoms with E-state index >= 15 is 0 Å². The molecule has 1 saturated heterocycles. The van der Waals surface area contributed by atoms with Crippen LogP contribution in [0.4, 0.5) is 0 Å². The van der Waals surface area contributed by atoms with Gasteiger partial charge in [-0.1, -0.05) is 66.2 Å². The van der Waals surface area contributed by atoms with Crippen molar-refractivity contribution >= 4 is 29.1 Å². The highest BCUT2D eigenvalue weighted by molar-refractivity contribution is 6.46. The Balaban J connectivity index is 1.87. The average Bonchev–Trinajstić information content (AvgIpc) is 3.04. The fourth-order valence-electron chi connectivity index (χ4n) is 3.77. The average molecular weight is 434 g/mol. The number of hydrogen-bond donors (Lipinski definition) is 1. The number of Topliss-reactive ketones (excluding diaryl/α,β-unsaturated/α-hetero) is 1. The Hall–Kier alpha value is -3.57. The number of aliphatic hydroxyl groups is 1. The van der Waals surface area contributed by atoms with Gasteiger partial charge in [0.05, 0.1) is 18.7 Å². The van der Waals surface area contributed by atoms with Crippen molar-refractivity contribution in [2.45, 2.75) is 12.6 Å². The number of benzene rings is 3. The van der Waals surface area contributed by atoms with Crippen molar-refractivity contribution in [3.8, 4) is 5.75 Å². The van der Waals surface area contributed by atoms with Crippen LogP contribution in [0.5, 0.6) is 5.75 Å². The predicted octanol–water partition coefficient (Wildman–Crippen LogP) is 4.97. The first-order chi connectivity index (χ1) is 15.0. The first kappa shape index (κ1) is 20.7. The first-order valence-electron chi connectivity index (χ1n) is 9.72. The van der Waals surface area contributed by atoms with Gasteiger partial charge < -0.3 is 14.7 Å². The lowest BCUT2D eigenvalue weighted by Crippen LogP contribution is -2.29. The molecule has 0 radical (unpaired) electrons. The third-order valence-electron chi connectivity index (χ3n) is 5.24. The van der Waals surface area contributed by atoms with Crippen LogP contribution in [-0.4, -0.2) is 28.8 Å². The highest BCUT2D eigenvalue weighted by Crippen LogP contribution is 2.41. The van der Waals surface area contributed by atoms with Crippen molar-refractivity contribution in [1.82, 2.24) is 4.90 Å². The van der Waals surface area contributed by atoms with Crippen LogP contribution in [0.3, 0.4) is 0 Å². The van der Waals surface area contributed by atoms with Gasteiger partial charge >= 0.3 is 0 Å². The maximum atomic E-state index is 13.1. The van der Waals surface area contributed by atoms with Crippen LogP contribution in [0.15, 0.2) is 84.4 Å². The normalized spacial score (nSPS) is 17.7. The van der Waals surface area contributed by atoms with Gasteiger partial charge in [-0.15, -0.1) is 0 Å². The topological polar surface area (TPSA) is 66.8 Å².